The van der Waals surface area contributed by atoms with Crippen LogP contribution in [0.4, 0.5) is 15.2 Å². The van der Waals surface area contributed by atoms with Gasteiger partial charge in [0.2, 0.25) is 0 Å². The van der Waals surface area contributed by atoms with Crippen LogP contribution in [0.3, 0.4) is 0 Å². The first-order valence-corrected chi connectivity index (χ1v) is 12.8. The van der Waals surface area contributed by atoms with E-state index in [-0.39, 0.29) is 17.8 Å². The molecule has 1 fully saturated rings. The van der Waals surface area contributed by atoms with Crippen molar-refractivity contribution in [3.05, 3.63) is 83.7 Å². The maximum Gasteiger partial charge on any atom is 0.310 e. The average molecular weight is 506 g/mol. The first-order valence-electron chi connectivity index (χ1n) is 11.9. The topological polar surface area (TPSA) is 65.9 Å². The summed E-state index contributed by atoms with van der Waals surface area (Å²) >= 11 is 1.37. The van der Waals surface area contributed by atoms with Gasteiger partial charge in [0.15, 0.2) is 5.13 Å². The zero-order chi connectivity index (χ0) is 25.2. The fourth-order valence-electron chi connectivity index (χ4n) is 4.59. The van der Waals surface area contributed by atoms with E-state index in [2.05, 4.69) is 34.1 Å². The molecule has 5 rings (SSSR count). The molecule has 0 bridgehead atoms. The Morgan fingerprint density at radius 3 is 2.50 bits per heavy atom. The molecular formula is C28H28FN3O3S. The zero-order valence-electron chi connectivity index (χ0n) is 20.2. The highest BCUT2D eigenvalue weighted by Crippen LogP contribution is 2.33. The van der Waals surface area contributed by atoms with Crippen molar-refractivity contribution in [2.45, 2.75) is 25.9 Å². The number of fused-ring (bicyclic) bond motifs is 1. The van der Waals surface area contributed by atoms with Gasteiger partial charge in [-0.15, -0.1) is 0 Å². The molecule has 0 radical (unpaired) electrons. The minimum atomic E-state index is -0.741. The highest BCUT2D eigenvalue weighted by Gasteiger charge is 2.40. The van der Waals surface area contributed by atoms with E-state index in [1.807, 2.05) is 37.3 Å². The number of thiazole rings is 1. The maximum absolute atomic E-state index is 14.4. The molecule has 186 valence electrons. The molecule has 1 aliphatic rings. The number of carboxylic acids is 1. The molecule has 6 nitrogen and oxygen atoms in total. The number of rotatable bonds is 9. The van der Waals surface area contributed by atoms with Crippen molar-refractivity contribution in [1.29, 1.82) is 0 Å². The van der Waals surface area contributed by atoms with Crippen LogP contribution >= 0.6 is 11.3 Å². The molecule has 2 unspecified atom stereocenters. The van der Waals surface area contributed by atoms with Gasteiger partial charge in [-0.2, -0.15) is 0 Å². The number of aromatic nitrogens is 1. The predicted molar refractivity (Wildman–Crippen MR) is 142 cm³/mol. The second kappa shape index (κ2) is 10.1. The molecule has 0 spiro atoms. The Morgan fingerprint density at radius 1 is 1.14 bits per heavy atom. The number of benzene rings is 3. The van der Waals surface area contributed by atoms with E-state index in [1.54, 1.807) is 13.2 Å². The number of hydrogen-bond donors (Lipinski definition) is 1. The minimum Gasteiger partial charge on any atom is -0.497 e. The Labute approximate surface area is 213 Å². The molecule has 0 saturated carbocycles. The molecule has 2 heterocycles. The van der Waals surface area contributed by atoms with Gasteiger partial charge in [0.25, 0.3) is 0 Å². The molecule has 0 amide bonds. The number of anilines is 2. The lowest BCUT2D eigenvalue weighted by atomic mass is 9.89. The van der Waals surface area contributed by atoms with Crippen molar-refractivity contribution >= 4 is 38.3 Å². The number of ether oxygens (including phenoxy) is 1. The molecule has 1 aliphatic heterocycles. The van der Waals surface area contributed by atoms with Crippen LogP contribution in [0.2, 0.25) is 0 Å². The third-order valence-electron chi connectivity index (χ3n) is 6.88. The van der Waals surface area contributed by atoms with Gasteiger partial charge < -0.3 is 19.6 Å². The van der Waals surface area contributed by atoms with Crippen LogP contribution in [0.15, 0.2) is 66.7 Å². The SMILES string of the molecule is COc1ccc(CCN(Cc2ccc(N3CC(C(=O)O)C3C)cc2)c2nc3cccc(F)c3s2)cc1. The summed E-state index contributed by atoms with van der Waals surface area (Å²) in [6.07, 6.45) is 0.808. The Kier molecular flexibility index (Phi) is 6.78. The van der Waals surface area contributed by atoms with E-state index in [4.69, 9.17) is 9.72 Å². The van der Waals surface area contributed by atoms with Crippen molar-refractivity contribution in [3.63, 3.8) is 0 Å². The molecule has 4 aromatic rings. The predicted octanol–water partition coefficient (Wildman–Crippen LogP) is 5.60. The number of methoxy groups -OCH3 is 1. The average Bonchev–Trinajstić information content (AvgIpc) is 3.32. The number of halogens is 1. The van der Waals surface area contributed by atoms with Crippen LogP contribution in [0.25, 0.3) is 10.2 Å². The standard InChI is InChI=1S/C28H28FN3O3S/c1-18-23(27(33)34)17-32(18)21-10-6-20(7-11-21)16-31(15-14-19-8-12-22(35-2)13-9-19)28-30-25-5-3-4-24(29)26(25)36-28/h3-13,18,23H,14-17H2,1-2H3,(H,33,34). The first-order chi connectivity index (χ1) is 17.4. The third-order valence-corrected chi connectivity index (χ3v) is 8.02. The van der Waals surface area contributed by atoms with Crippen LogP contribution < -0.4 is 14.5 Å². The largest absolute Gasteiger partial charge is 0.497 e. The maximum atomic E-state index is 14.4. The van der Waals surface area contributed by atoms with E-state index >= 15 is 0 Å². The molecule has 1 aromatic heterocycles. The van der Waals surface area contributed by atoms with Crippen LogP contribution in [-0.4, -0.2) is 42.3 Å². The van der Waals surface area contributed by atoms with Gasteiger partial charge in [0.05, 0.1) is 23.2 Å². The second-order valence-electron chi connectivity index (χ2n) is 9.11. The van der Waals surface area contributed by atoms with Crippen molar-refractivity contribution in [2.24, 2.45) is 5.92 Å². The van der Waals surface area contributed by atoms with E-state index in [9.17, 15) is 14.3 Å². The van der Waals surface area contributed by atoms with Crippen LogP contribution in [0.5, 0.6) is 5.75 Å². The Hall–Kier alpha value is -3.65. The molecule has 0 aliphatic carbocycles. The lowest BCUT2D eigenvalue weighted by Crippen LogP contribution is -2.57. The molecule has 2 atom stereocenters. The van der Waals surface area contributed by atoms with E-state index in [0.717, 1.165) is 35.1 Å². The Balaban J connectivity index is 1.35. The normalized spacial score (nSPS) is 17.1. The number of aliphatic carboxylic acids is 1. The summed E-state index contributed by atoms with van der Waals surface area (Å²) in [7, 11) is 1.65. The summed E-state index contributed by atoms with van der Waals surface area (Å²) < 4.78 is 20.2. The Morgan fingerprint density at radius 2 is 1.86 bits per heavy atom. The van der Waals surface area contributed by atoms with Gasteiger partial charge in [-0.3, -0.25) is 4.79 Å². The monoisotopic (exact) mass is 505 g/mol. The fourth-order valence-corrected chi connectivity index (χ4v) is 5.58. The van der Waals surface area contributed by atoms with Crippen LogP contribution in [0, 0.1) is 11.7 Å². The van der Waals surface area contributed by atoms with Crippen LogP contribution in [-0.2, 0) is 17.8 Å². The first kappa shape index (κ1) is 24.1. The van der Waals surface area contributed by atoms with Gasteiger partial charge in [0.1, 0.15) is 11.6 Å². The fraction of sp³-hybridized carbons (Fsp3) is 0.286. The van der Waals surface area contributed by atoms with Gasteiger partial charge in [-0.1, -0.05) is 41.7 Å². The summed E-state index contributed by atoms with van der Waals surface area (Å²) in [6.45, 7) is 3.83. The number of nitrogens with zero attached hydrogens (tertiary/aromatic N) is 3. The molecule has 36 heavy (non-hydrogen) atoms. The molecule has 3 aromatic carbocycles. The summed E-state index contributed by atoms with van der Waals surface area (Å²) in [6, 6.07) is 21.2. The van der Waals surface area contributed by atoms with Crippen molar-refractivity contribution in [1.82, 2.24) is 4.98 Å². The quantitative estimate of drug-likeness (QED) is 0.319. The second-order valence-corrected chi connectivity index (χ2v) is 10.1. The summed E-state index contributed by atoms with van der Waals surface area (Å²) in [5.41, 5.74) is 3.98. The lowest BCUT2D eigenvalue weighted by Gasteiger charge is -2.45. The molecule has 1 N–H and O–H groups in total. The highest BCUT2D eigenvalue weighted by molar-refractivity contribution is 7.22. The molecular weight excluding hydrogens is 477 g/mol. The lowest BCUT2D eigenvalue weighted by molar-refractivity contribution is -0.143. The van der Waals surface area contributed by atoms with Crippen molar-refractivity contribution in [2.75, 3.05) is 30.0 Å². The Bertz CT molecular complexity index is 1360. The van der Waals surface area contributed by atoms with Gasteiger partial charge >= 0.3 is 5.97 Å². The molecule has 8 heteroatoms. The summed E-state index contributed by atoms with van der Waals surface area (Å²) in [5.74, 6) is -0.490. The van der Waals surface area contributed by atoms with E-state index < -0.39 is 5.97 Å². The number of carboxylic acid groups (broad SMARTS) is 1. The summed E-state index contributed by atoms with van der Waals surface area (Å²) in [4.78, 5) is 20.3. The van der Waals surface area contributed by atoms with Gasteiger partial charge in [0, 0.05) is 31.4 Å². The van der Waals surface area contributed by atoms with Crippen molar-refractivity contribution in [3.8, 4) is 5.75 Å². The van der Waals surface area contributed by atoms with Crippen LogP contribution in [0.1, 0.15) is 18.1 Å². The molecule has 1 saturated heterocycles. The summed E-state index contributed by atoms with van der Waals surface area (Å²) in [5, 5.41) is 10.1. The number of hydrogen-bond acceptors (Lipinski definition) is 6. The smallest absolute Gasteiger partial charge is 0.310 e. The van der Waals surface area contributed by atoms with Gasteiger partial charge in [-0.25, -0.2) is 9.37 Å². The highest BCUT2D eigenvalue weighted by atomic mass is 32.1. The van der Waals surface area contributed by atoms with Crippen molar-refractivity contribution < 1.29 is 19.0 Å². The van der Waals surface area contributed by atoms with E-state index in [1.165, 1.54) is 23.0 Å². The minimum absolute atomic E-state index is 0.0213. The van der Waals surface area contributed by atoms with E-state index in [0.29, 0.717) is 23.3 Å². The zero-order valence-corrected chi connectivity index (χ0v) is 21.0. The van der Waals surface area contributed by atoms with Gasteiger partial charge in [-0.05, 0) is 60.9 Å². The number of carbonyl (C=O) groups is 1. The third kappa shape index (κ3) is 4.86.